The van der Waals surface area contributed by atoms with Gasteiger partial charge in [-0.25, -0.2) is 0 Å². The number of hydrogen-bond donors (Lipinski definition) is 0. The fourth-order valence-electron chi connectivity index (χ4n) is 5.09. The molecule has 0 radical (unpaired) electrons. The molecule has 0 N–H and O–H groups in total. The van der Waals surface area contributed by atoms with Gasteiger partial charge in [0.2, 0.25) is 0 Å². The fraction of sp³-hybridized carbons (Fsp3) is 0.438. The second-order valence-corrected chi connectivity index (χ2v) is 15.3. The first-order valence-electron chi connectivity index (χ1n) is 13.3. The van der Waals surface area contributed by atoms with Gasteiger partial charge in [-0.2, -0.15) is 0 Å². The van der Waals surface area contributed by atoms with Gasteiger partial charge in [-0.05, 0) is 51.4 Å². The monoisotopic (exact) mass is 504 g/mol. The molecular weight excluding hydrogens is 460 g/mol. The molecule has 0 amide bonds. The fourth-order valence-corrected chi connectivity index (χ4v) is 9.73. The van der Waals surface area contributed by atoms with Crippen LogP contribution >= 0.6 is 0 Å². The normalized spacial score (nSPS) is 13.8. The molecule has 36 heavy (non-hydrogen) atoms. The van der Waals surface area contributed by atoms with Crippen molar-refractivity contribution < 1.29 is 13.9 Å². The molecule has 3 rings (SSSR count). The lowest BCUT2D eigenvalue weighted by Crippen LogP contribution is -2.66. The van der Waals surface area contributed by atoms with Gasteiger partial charge in [-0.15, -0.1) is 0 Å². The SMILES string of the molecule is CC[C@H](CO[Si](c1ccccc1)(c1ccccc1)C(C)(C)C)C[C@H](C)COCc1ccc(OC)cc1. The number of ether oxygens (including phenoxy) is 2. The van der Waals surface area contributed by atoms with E-state index in [1.165, 1.54) is 15.9 Å². The van der Waals surface area contributed by atoms with Gasteiger partial charge < -0.3 is 13.9 Å². The molecule has 2 atom stereocenters. The van der Waals surface area contributed by atoms with Crippen LogP contribution in [0.5, 0.6) is 5.75 Å². The van der Waals surface area contributed by atoms with Crippen LogP contribution in [0.4, 0.5) is 0 Å². The molecule has 0 heterocycles. The van der Waals surface area contributed by atoms with E-state index >= 15 is 0 Å². The van der Waals surface area contributed by atoms with Crippen LogP contribution in [0, 0.1) is 11.8 Å². The molecule has 0 saturated heterocycles. The Balaban J connectivity index is 1.68. The molecule has 0 bridgehead atoms. The first kappa shape index (κ1) is 28.2. The summed E-state index contributed by atoms with van der Waals surface area (Å²) < 4.78 is 18.5. The van der Waals surface area contributed by atoms with Crippen molar-refractivity contribution >= 4 is 18.7 Å². The van der Waals surface area contributed by atoms with Gasteiger partial charge in [0.1, 0.15) is 5.75 Å². The van der Waals surface area contributed by atoms with Crippen molar-refractivity contribution in [3.63, 3.8) is 0 Å². The second-order valence-electron chi connectivity index (χ2n) is 11.0. The Morgan fingerprint density at radius 1 is 0.778 bits per heavy atom. The zero-order chi connectivity index (χ0) is 26.0. The van der Waals surface area contributed by atoms with Crippen LogP contribution in [0.1, 0.15) is 53.0 Å². The third-order valence-electron chi connectivity index (χ3n) is 7.10. The van der Waals surface area contributed by atoms with E-state index < -0.39 is 8.32 Å². The summed E-state index contributed by atoms with van der Waals surface area (Å²) in [4.78, 5) is 0. The summed E-state index contributed by atoms with van der Waals surface area (Å²) in [7, 11) is -0.809. The number of rotatable bonds is 13. The highest BCUT2D eigenvalue weighted by Crippen LogP contribution is 2.37. The molecular formula is C32H44O3Si. The lowest BCUT2D eigenvalue weighted by molar-refractivity contribution is 0.0787. The predicted octanol–water partition coefficient (Wildman–Crippen LogP) is 6.84. The summed E-state index contributed by atoms with van der Waals surface area (Å²) in [6.07, 6.45) is 2.19. The standard InChI is InChI=1S/C32H44O3Si/c1-7-27(22-26(2)23-34-24-28-18-20-29(33-6)21-19-28)25-35-36(32(3,4)5,30-14-10-8-11-15-30)31-16-12-9-13-17-31/h8-21,26-27H,7,22-25H2,1-6H3/t26-,27-/m0/s1. The van der Waals surface area contributed by atoms with E-state index in [-0.39, 0.29) is 5.04 Å². The molecule has 3 aromatic carbocycles. The summed E-state index contributed by atoms with van der Waals surface area (Å²) >= 11 is 0. The van der Waals surface area contributed by atoms with Gasteiger partial charge in [-0.1, -0.05) is 114 Å². The van der Waals surface area contributed by atoms with E-state index in [0.29, 0.717) is 18.4 Å². The summed E-state index contributed by atoms with van der Waals surface area (Å²) in [6.45, 7) is 13.8. The maximum absolute atomic E-state index is 7.20. The largest absolute Gasteiger partial charge is 0.497 e. The topological polar surface area (TPSA) is 27.7 Å². The smallest absolute Gasteiger partial charge is 0.261 e. The number of benzene rings is 3. The van der Waals surface area contributed by atoms with Crippen molar-refractivity contribution in [2.45, 2.75) is 59.1 Å². The van der Waals surface area contributed by atoms with Crippen molar-refractivity contribution in [1.82, 2.24) is 0 Å². The molecule has 0 aromatic heterocycles. The van der Waals surface area contributed by atoms with Crippen molar-refractivity contribution in [2.75, 3.05) is 20.3 Å². The van der Waals surface area contributed by atoms with Gasteiger partial charge >= 0.3 is 0 Å². The molecule has 0 aliphatic heterocycles. The average Bonchev–Trinajstić information content (AvgIpc) is 2.89. The maximum atomic E-state index is 7.20. The van der Waals surface area contributed by atoms with Crippen LogP contribution < -0.4 is 15.1 Å². The summed E-state index contributed by atoms with van der Waals surface area (Å²) in [6, 6.07) is 29.9. The van der Waals surface area contributed by atoms with E-state index in [1.54, 1.807) is 7.11 Å². The van der Waals surface area contributed by atoms with Crippen molar-refractivity contribution in [2.24, 2.45) is 11.8 Å². The second kappa shape index (κ2) is 13.2. The molecule has 0 aliphatic carbocycles. The van der Waals surface area contributed by atoms with Crippen LogP contribution in [0.15, 0.2) is 84.9 Å². The van der Waals surface area contributed by atoms with Crippen molar-refractivity contribution in [1.29, 1.82) is 0 Å². The van der Waals surface area contributed by atoms with E-state index in [9.17, 15) is 0 Å². The molecule has 3 nitrogen and oxygen atoms in total. The Morgan fingerprint density at radius 3 is 1.81 bits per heavy atom. The van der Waals surface area contributed by atoms with Gasteiger partial charge in [0.15, 0.2) is 0 Å². The van der Waals surface area contributed by atoms with E-state index in [1.807, 2.05) is 12.1 Å². The minimum Gasteiger partial charge on any atom is -0.497 e. The first-order chi connectivity index (χ1) is 17.3. The van der Waals surface area contributed by atoms with Gasteiger partial charge in [-0.3, -0.25) is 0 Å². The molecule has 4 heteroatoms. The molecule has 0 fully saturated rings. The quantitative estimate of drug-likeness (QED) is 0.239. The first-order valence-corrected chi connectivity index (χ1v) is 15.2. The third-order valence-corrected chi connectivity index (χ3v) is 12.1. The molecule has 0 spiro atoms. The third kappa shape index (κ3) is 7.09. The van der Waals surface area contributed by atoms with Crippen LogP contribution in [-0.2, 0) is 15.8 Å². The predicted molar refractivity (Wildman–Crippen MR) is 154 cm³/mol. The van der Waals surface area contributed by atoms with Crippen molar-refractivity contribution in [3.8, 4) is 5.75 Å². The highest BCUT2D eigenvalue weighted by Gasteiger charge is 2.50. The van der Waals surface area contributed by atoms with Crippen LogP contribution in [0.2, 0.25) is 5.04 Å². The molecule has 194 valence electrons. The van der Waals surface area contributed by atoms with E-state index in [0.717, 1.165) is 31.8 Å². The summed E-state index contributed by atoms with van der Waals surface area (Å²) in [5.74, 6) is 1.83. The van der Waals surface area contributed by atoms with Gasteiger partial charge in [0.05, 0.1) is 13.7 Å². The van der Waals surface area contributed by atoms with Crippen LogP contribution in [0.25, 0.3) is 0 Å². The zero-order valence-electron chi connectivity index (χ0n) is 23.0. The summed E-state index contributed by atoms with van der Waals surface area (Å²) in [5.41, 5.74) is 1.17. The van der Waals surface area contributed by atoms with E-state index in [4.69, 9.17) is 13.9 Å². The van der Waals surface area contributed by atoms with Crippen LogP contribution in [0.3, 0.4) is 0 Å². The van der Waals surface area contributed by atoms with Crippen molar-refractivity contribution in [3.05, 3.63) is 90.5 Å². The number of methoxy groups -OCH3 is 1. The average molecular weight is 505 g/mol. The van der Waals surface area contributed by atoms with Crippen LogP contribution in [-0.4, -0.2) is 28.6 Å². The summed E-state index contributed by atoms with van der Waals surface area (Å²) in [5, 5.41) is 2.69. The van der Waals surface area contributed by atoms with E-state index in [2.05, 4.69) is 107 Å². The zero-order valence-corrected chi connectivity index (χ0v) is 24.0. The van der Waals surface area contributed by atoms with Gasteiger partial charge in [0, 0.05) is 13.2 Å². The Bertz CT molecular complexity index is 973. The number of hydrogen-bond acceptors (Lipinski definition) is 3. The molecule has 0 unspecified atom stereocenters. The Labute approximate surface area is 219 Å². The van der Waals surface area contributed by atoms with Gasteiger partial charge in [0.25, 0.3) is 8.32 Å². The Morgan fingerprint density at radius 2 is 1.33 bits per heavy atom. The minimum atomic E-state index is -2.50. The minimum absolute atomic E-state index is 0.00108. The molecule has 3 aromatic rings. The Hall–Kier alpha value is -2.40. The lowest BCUT2D eigenvalue weighted by atomic mass is 9.95. The lowest BCUT2D eigenvalue weighted by Gasteiger charge is -2.43. The maximum Gasteiger partial charge on any atom is 0.261 e. The Kier molecular flexibility index (Phi) is 10.4. The highest BCUT2D eigenvalue weighted by atomic mass is 28.4. The molecule has 0 aliphatic rings. The highest BCUT2D eigenvalue weighted by molar-refractivity contribution is 6.99. The molecule has 0 saturated carbocycles.